The lowest BCUT2D eigenvalue weighted by atomic mass is 10.1. The van der Waals surface area contributed by atoms with Crippen LogP contribution in [0.5, 0.6) is 0 Å². The van der Waals surface area contributed by atoms with Crippen LogP contribution < -0.4 is 11.1 Å². The first-order chi connectivity index (χ1) is 6.22. The van der Waals surface area contributed by atoms with E-state index in [1.54, 1.807) is 0 Å². The Kier molecular flexibility index (Phi) is 7.69. The summed E-state index contributed by atoms with van der Waals surface area (Å²) in [5.41, 5.74) is 5.24. The van der Waals surface area contributed by atoms with Crippen LogP contribution in [-0.2, 0) is 4.79 Å². The number of hydrogen-bond acceptors (Lipinski definition) is 2. The molecule has 0 radical (unpaired) electrons. The predicted octanol–water partition coefficient (Wildman–Crippen LogP) is 1.42. The molecule has 78 valence electrons. The van der Waals surface area contributed by atoms with Gasteiger partial charge >= 0.3 is 0 Å². The first-order valence-electron chi connectivity index (χ1n) is 5.25. The van der Waals surface area contributed by atoms with Crippen molar-refractivity contribution >= 4 is 5.91 Å². The van der Waals surface area contributed by atoms with Gasteiger partial charge in [-0.3, -0.25) is 4.79 Å². The van der Waals surface area contributed by atoms with Gasteiger partial charge in [0.1, 0.15) is 0 Å². The Labute approximate surface area is 81.1 Å². The van der Waals surface area contributed by atoms with Crippen molar-refractivity contribution in [2.75, 3.05) is 6.54 Å². The number of rotatable bonds is 8. The summed E-state index contributed by atoms with van der Waals surface area (Å²) in [4.78, 5) is 10.9. The minimum Gasteiger partial charge on any atom is -0.368 e. The van der Waals surface area contributed by atoms with Gasteiger partial charge < -0.3 is 11.1 Å². The summed E-state index contributed by atoms with van der Waals surface area (Å²) in [7, 11) is 0. The van der Waals surface area contributed by atoms with Gasteiger partial charge in [-0.15, -0.1) is 0 Å². The summed E-state index contributed by atoms with van der Waals surface area (Å²) in [5.74, 6) is -0.224. The summed E-state index contributed by atoms with van der Waals surface area (Å²) in [6.45, 7) is 4.97. The zero-order chi connectivity index (χ0) is 10.1. The van der Waals surface area contributed by atoms with Crippen molar-refractivity contribution in [2.24, 2.45) is 5.73 Å². The number of likely N-dealkylation sites (N-methyl/N-ethyl adjacent to an activating group) is 1. The number of amides is 1. The molecule has 1 atom stereocenters. The molecule has 0 aliphatic heterocycles. The van der Waals surface area contributed by atoms with Crippen molar-refractivity contribution in [1.29, 1.82) is 0 Å². The number of unbranched alkanes of at least 4 members (excludes halogenated alkanes) is 3. The van der Waals surface area contributed by atoms with Crippen LogP contribution in [0, 0.1) is 0 Å². The number of hydrogen-bond donors (Lipinski definition) is 2. The molecule has 3 N–H and O–H groups in total. The fourth-order valence-electron chi connectivity index (χ4n) is 1.37. The zero-order valence-electron chi connectivity index (χ0n) is 8.81. The molecule has 0 bridgehead atoms. The monoisotopic (exact) mass is 186 g/mol. The van der Waals surface area contributed by atoms with E-state index >= 15 is 0 Å². The van der Waals surface area contributed by atoms with E-state index in [-0.39, 0.29) is 11.9 Å². The molecular formula is C10H22N2O. The number of primary amides is 1. The second-order valence-electron chi connectivity index (χ2n) is 3.36. The van der Waals surface area contributed by atoms with E-state index in [0.717, 1.165) is 19.4 Å². The van der Waals surface area contributed by atoms with Crippen molar-refractivity contribution < 1.29 is 4.79 Å². The minimum absolute atomic E-state index is 0.123. The SMILES string of the molecule is CCCCCCC(NCC)C(N)=O. The molecule has 0 saturated carbocycles. The maximum Gasteiger partial charge on any atom is 0.234 e. The number of carbonyl (C=O) groups excluding carboxylic acids is 1. The van der Waals surface area contributed by atoms with E-state index in [1.807, 2.05) is 6.92 Å². The third-order valence-corrected chi connectivity index (χ3v) is 2.14. The van der Waals surface area contributed by atoms with Gasteiger partial charge in [-0.05, 0) is 13.0 Å². The van der Waals surface area contributed by atoms with Gasteiger partial charge in [0.15, 0.2) is 0 Å². The highest BCUT2D eigenvalue weighted by Gasteiger charge is 2.12. The smallest absolute Gasteiger partial charge is 0.234 e. The van der Waals surface area contributed by atoms with E-state index in [1.165, 1.54) is 19.3 Å². The molecule has 0 spiro atoms. The fourth-order valence-corrected chi connectivity index (χ4v) is 1.37. The van der Waals surface area contributed by atoms with Crippen molar-refractivity contribution in [3.8, 4) is 0 Å². The van der Waals surface area contributed by atoms with Crippen molar-refractivity contribution in [3.63, 3.8) is 0 Å². The Hall–Kier alpha value is -0.570. The van der Waals surface area contributed by atoms with Crippen LogP contribution >= 0.6 is 0 Å². The van der Waals surface area contributed by atoms with Crippen molar-refractivity contribution in [2.45, 2.75) is 52.0 Å². The van der Waals surface area contributed by atoms with Crippen molar-refractivity contribution in [1.82, 2.24) is 5.32 Å². The predicted molar refractivity (Wildman–Crippen MR) is 55.4 cm³/mol. The van der Waals surface area contributed by atoms with E-state index in [0.29, 0.717) is 0 Å². The quantitative estimate of drug-likeness (QED) is 0.563. The average molecular weight is 186 g/mol. The van der Waals surface area contributed by atoms with Gasteiger partial charge in [0.25, 0.3) is 0 Å². The summed E-state index contributed by atoms with van der Waals surface area (Å²) in [6.07, 6.45) is 5.64. The Morgan fingerprint density at radius 1 is 1.31 bits per heavy atom. The molecule has 0 aromatic rings. The Bertz CT molecular complexity index is 137. The Morgan fingerprint density at radius 3 is 2.46 bits per heavy atom. The molecule has 1 amide bonds. The van der Waals surface area contributed by atoms with Gasteiger partial charge in [-0.1, -0.05) is 39.5 Å². The number of carbonyl (C=O) groups is 1. The molecule has 0 aliphatic rings. The van der Waals surface area contributed by atoms with Gasteiger partial charge in [-0.25, -0.2) is 0 Å². The van der Waals surface area contributed by atoms with Crippen LogP contribution in [0.3, 0.4) is 0 Å². The highest BCUT2D eigenvalue weighted by Crippen LogP contribution is 2.05. The van der Waals surface area contributed by atoms with Crippen LogP contribution in [0.25, 0.3) is 0 Å². The third-order valence-electron chi connectivity index (χ3n) is 2.14. The van der Waals surface area contributed by atoms with E-state index in [2.05, 4.69) is 12.2 Å². The molecule has 3 heteroatoms. The van der Waals surface area contributed by atoms with E-state index in [4.69, 9.17) is 5.73 Å². The van der Waals surface area contributed by atoms with Crippen LogP contribution in [0.2, 0.25) is 0 Å². The van der Waals surface area contributed by atoms with Gasteiger partial charge in [0.2, 0.25) is 5.91 Å². The molecule has 0 saturated heterocycles. The molecule has 0 aromatic heterocycles. The van der Waals surface area contributed by atoms with Gasteiger partial charge in [0, 0.05) is 0 Å². The van der Waals surface area contributed by atoms with E-state index in [9.17, 15) is 4.79 Å². The lowest BCUT2D eigenvalue weighted by Gasteiger charge is -2.13. The molecule has 13 heavy (non-hydrogen) atoms. The number of nitrogens with one attached hydrogen (secondary N) is 1. The third kappa shape index (κ3) is 6.58. The molecule has 0 rings (SSSR count). The Morgan fingerprint density at radius 2 is 2.00 bits per heavy atom. The lowest BCUT2D eigenvalue weighted by Crippen LogP contribution is -2.41. The largest absolute Gasteiger partial charge is 0.368 e. The van der Waals surface area contributed by atoms with Crippen LogP contribution in [0.15, 0.2) is 0 Å². The molecule has 0 aliphatic carbocycles. The van der Waals surface area contributed by atoms with Crippen molar-refractivity contribution in [3.05, 3.63) is 0 Å². The summed E-state index contributed by atoms with van der Waals surface area (Å²) < 4.78 is 0. The average Bonchev–Trinajstić information content (AvgIpc) is 2.10. The van der Waals surface area contributed by atoms with Crippen LogP contribution in [0.4, 0.5) is 0 Å². The second-order valence-corrected chi connectivity index (χ2v) is 3.36. The van der Waals surface area contributed by atoms with Gasteiger partial charge in [-0.2, -0.15) is 0 Å². The highest BCUT2D eigenvalue weighted by molar-refractivity contribution is 5.79. The molecular weight excluding hydrogens is 164 g/mol. The molecule has 3 nitrogen and oxygen atoms in total. The van der Waals surface area contributed by atoms with Gasteiger partial charge in [0.05, 0.1) is 6.04 Å². The molecule has 0 aromatic carbocycles. The topological polar surface area (TPSA) is 55.1 Å². The summed E-state index contributed by atoms with van der Waals surface area (Å²) in [5, 5.41) is 3.08. The normalized spacial score (nSPS) is 12.8. The first-order valence-corrected chi connectivity index (χ1v) is 5.25. The molecule has 0 heterocycles. The molecule has 0 fully saturated rings. The minimum atomic E-state index is -0.224. The van der Waals surface area contributed by atoms with Crippen LogP contribution in [0.1, 0.15) is 46.0 Å². The highest BCUT2D eigenvalue weighted by atomic mass is 16.1. The summed E-state index contributed by atoms with van der Waals surface area (Å²) >= 11 is 0. The maximum absolute atomic E-state index is 10.9. The number of nitrogens with two attached hydrogens (primary N) is 1. The second kappa shape index (κ2) is 8.05. The Balaban J connectivity index is 3.51. The van der Waals surface area contributed by atoms with Crippen LogP contribution in [-0.4, -0.2) is 18.5 Å². The molecule has 1 unspecified atom stereocenters. The standard InChI is InChI=1S/C10H22N2O/c1-3-5-6-7-8-9(10(11)13)12-4-2/h9,12H,3-8H2,1-2H3,(H2,11,13). The zero-order valence-corrected chi connectivity index (χ0v) is 8.81. The van der Waals surface area contributed by atoms with E-state index < -0.39 is 0 Å². The maximum atomic E-state index is 10.9. The lowest BCUT2D eigenvalue weighted by molar-refractivity contribution is -0.120. The fraction of sp³-hybridized carbons (Fsp3) is 0.900. The summed E-state index contributed by atoms with van der Waals surface area (Å²) in [6, 6.07) is -0.123. The first kappa shape index (κ1) is 12.4.